The van der Waals surface area contributed by atoms with Gasteiger partial charge < -0.3 is 14.2 Å². The highest BCUT2D eigenvalue weighted by atomic mass is 32.2. The van der Waals surface area contributed by atoms with E-state index >= 15 is 0 Å². The first-order valence-electron chi connectivity index (χ1n) is 10.9. The second-order valence-corrected chi connectivity index (χ2v) is 9.87. The predicted molar refractivity (Wildman–Crippen MR) is 114 cm³/mol. The number of benzene rings is 1. The molecule has 1 aromatic heterocycles. The van der Waals surface area contributed by atoms with Crippen LogP contribution in [0.1, 0.15) is 38.4 Å². The molecule has 1 amide bonds. The van der Waals surface area contributed by atoms with Gasteiger partial charge in [-0.25, -0.2) is 13.4 Å². The fourth-order valence-corrected chi connectivity index (χ4v) is 5.79. The molecule has 4 rings (SSSR count). The molecule has 0 spiro atoms. The summed E-state index contributed by atoms with van der Waals surface area (Å²) in [6.07, 6.45) is 3.69. The van der Waals surface area contributed by atoms with E-state index in [0.717, 1.165) is 37.1 Å². The number of carbonyl (C=O) groups is 1. The van der Waals surface area contributed by atoms with Gasteiger partial charge in [0.2, 0.25) is 15.9 Å². The van der Waals surface area contributed by atoms with Crippen molar-refractivity contribution in [2.24, 2.45) is 0 Å². The summed E-state index contributed by atoms with van der Waals surface area (Å²) in [4.78, 5) is 19.4. The van der Waals surface area contributed by atoms with Crippen LogP contribution in [0.4, 0.5) is 0 Å². The van der Waals surface area contributed by atoms with Gasteiger partial charge in [-0.2, -0.15) is 4.31 Å². The van der Waals surface area contributed by atoms with Gasteiger partial charge in [0.15, 0.2) is 0 Å². The number of sulfonamides is 1. The Morgan fingerprint density at radius 3 is 2.57 bits per heavy atom. The maximum atomic E-state index is 12.9. The van der Waals surface area contributed by atoms with E-state index in [4.69, 9.17) is 9.72 Å². The van der Waals surface area contributed by atoms with Gasteiger partial charge in [0.05, 0.1) is 29.1 Å². The second-order valence-electron chi connectivity index (χ2n) is 7.93. The average molecular weight is 435 g/mol. The summed E-state index contributed by atoms with van der Waals surface area (Å²) in [5.41, 5.74) is 1.60. The standard InChI is InChI=1S/C21H30N4O4S/c1-2-9-25-19-6-5-17(30(27,28)24-10-3-4-11-24)16-18(19)22-20(25)7-8-21(26)23-12-14-29-15-13-23/h5-6,16H,2-4,7-15H2,1H3. The summed E-state index contributed by atoms with van der Waals surface area (Å²) in [6, 6.07) is 5.23. The summed E-state index contributed by atoms with van der Waals surface area (Å²) in [5.74, 6) is 0.954. The number of fused-ring (bicyclic) bond motifs is 1. The van der Waals surface area contributed by atoms with Gasteiger partial charge in [-0.05, 0) is 37.5 Å². The molecule has 2 aromatic rings. The Labute approximate surface area is 177 Å². The van der Waals surface area contributed by atoms with E-state index in [1.54, 1.807) is 16.4 Å². The number of amides is 1. The Kier molecular flexibility index (Phi) is 6.40. The van der Waals surface area contributed by atoms with Crippen molar-refractivity contribution in [3.05, 3.63) is 24.0 Å². The largest absolute Gasteiger partial charge is 0.378 e. The van der Waals surface area contributed by atoms with Gasteiger partial charge in [-0.3, -0.25) is 4.79 Å². The molecule has 2 saturated heterocycles. The van der Waals surface area contributed by atoms with Crippen LogP contribution in [-0.2, 0) is 32.5 Å². The molecule has 30 heavy (non-hydrogen) atoms. The summed E-state index contributed by atoms with van der Waals surface area (Å²) >= 11 is 0. The van der Waals surface area contributed by atoms with Crippen LogP contribution in [-0.4, -0.2) is 72.5 Å². The Morgan fingerprint density at radius 2 is 1.87 bits per heavy atom. The predicted octanol–water partition coefficient (Wildman–Crippen LogP) is 2.02. The number of hydrogen-bond donors (Lipinski definition) is 0. The number of aryl methyl sites for hydroxylation is 2. The molecular formula is C21H30N4O4S. The van der Waals surface area contributed by atoms with E-state index in [0.29, 0.717) is 62.6 Å². The third-order valence-electron chi connectivity index (χ3n) is 5.88. The molecule has 2 aliphatic rings. The highest BCUT2D eigenvalue weighted by molar-refractivity contribution is 7.89. The zero-order valence-corrected chi connectivity index (χ0v) is 18.4. The van der Waals surface area contributed by atoms with Crippen molar-refractivity contribution < 1.29 is 17.9 Å². The van der Waals surface area contributed by atoms with Gasteiger partial charge in [-0.15, -0.1) is 0 Å². The van der Waals surface area contributed by atoms with E-state index in [2.05, 4.69) is 11.5 Å². The number of rotatable bonds is 7. The lowest BCUT2D eigenvalue weighted by Gasteiger charge is -2.26. The Balaban J connectivity index is 1.58. The Morgan fingerprint density at radius 1 is 1.13 bits per heavy atom. The van der Waals surface area contributed by atoms with Crippen LogP contribution in [0.2, 0.25) is 0 Å². The fourth-order valence-electron chi connectivity index (χ4n) is 4.25. The van der Waals surface area contributed by atoms with Gasteiger partial charge in [0, 0.05) is 45.6 Å². The van der Waals surface area contributed by atoms with Crippen LogP contribution in [0.15, 0.2) is 23.1 Å². The minimum Gasteiger partial charge on any atom is -0.378 e. The maximum Gasteiger partial charge on any atom is 0.243 e. The number of imidazole rings is 1. The zero-order valence-electron chi connectivity index (χ0n) is 17.5. The van der Waals surface area contributed by atoms with E-state index in [1.807, 2.05) is 11.0 Å². The number of carbonyl (C=O) groups excluding carboxylic acids is 1. The third-order valence-corrected chi connectivity index (χ3v) is 7.77. The third kappa shape index (κ3) is 4.24. The first-order chi connectivity index (χ1) is 14.5. The lowest BCUT2D eigenvalue weighted by atomic mass is 10.2. The molecule has 0 N–H and O–H groups in total. The smallest absolute Gasteiger partial charge is 0.243 e. The summed E-state index contributed by atoms with van der Waals surface area (Å²) < 4.78 is 34.8. The molecule has 0 bridgehead atoms. The highest BCUT2D eigenvalue weighted by Crippen LogP contribution is 2.26. The minimum absolute atomic E-state index is 0.116. The van der Waals surface area contributed by atoms with E-state index in [-0.39, 0.29) is 5.91 Å². The van der Waals surface area contributed by atoms with Gasteiger partial charge in [-0.1, -0.05) is 6.92 Å². The summed E-state index contributed by atoms with van der Waals surface area (Å²) in [7, 11) is -3.47. The number of nitrogens with zero attached hydrogens (tertiary/aromatic N) is 4. The molecule has 0 radical (unpaired) electrons. The van der Waals surface area contributed by atoms with Crippen molar-refractivity contribution in [1.82, 2.24) is 18.8 Å². The molecule has 164 valence electrons. The monoisotopic (exact) mass is 434 g/mol. The average Bonchev–Trinajstić information content (AvgIpc) is 3.42. The number of hydrogen-bond acceptors (Lipinski definition) is 5. The first kappa shape index (κ1) is 21.3. The van der Waals surface area contributed by atoms with Crippen LogP contribution in [0.3, 0.4) is 0 Å². The molecule has 0 saturated carbocycles. The van der Waals surface area contributed by atoms with Crippen molar-refractivity contribution in [3.8, 4) is 0 Å². The van der Waals surface area contributed by atoms with Crippen LogP contribution in [0.25, 0.3) is 11.0 Å². The summed E-state index contributed by atoms with van der Waals surface area (Å²) in [6.45, 7) is 6.52. The lowest BCUT2D eigenvalue weighted by Crippen LogP contribution is -2.40. The molecule has 3 heterocycles. The van der Waals surface area contributed by atoms with Gasteiger partial charge in [0.1, 0.15) is 5.82 Å². The fraction of sp³-hybridized carbons (Fsp3) is 0.619. The van der Waals surface area contributed by atoms with Crippen LogP contribution in [0.5, 0.6) is 0 Å². The van der Waals surface area contributed by atoms with E-state index < -0.39 is 10.0 Å². The topological polar surface area (TPSA) is 84.7 Å². The quantitative estimate of drug-likeness (QED) is 0.666. The highest BCUT2D eigenvalue weighted by Gasteiger charge is 2.28. The Bertz CT molecular complexity index is 1010. The molecule has 0 unspecified atom stereocenters. The van der Waals surface area contributed by atoms with E-state index in [9.17, 15) is 13.2 Å². The zero-order chi connectivity index (χ0) is 21.1. The normalized spacial score (nSPS) is 18.4. The number of ether oxygens (including phenoxy) is 1. The van der Waals surface area contributed by atoms with Crippen molar-refractivity contribution in [3.63, 3.8) is 0 Å². The van der Waals surface area contributed by atoms with Crippen LogP contribution < -0.4 is 0 Å². The number of aromatic nitrogens is 2. The molecule has 9 heteroatoms. The maximum absolute atomic E-state index is 12.9. The minimum atomic E-state index is -3.47. The van der Waals surface area contributed by atoms with Crippen molar-refractivity contribution in [2.75, 3.05) is 39.4 Å². The first-order valence-corrected chi connectivity index (χ1v) is 12.3. The van der Waals surface area contributed by atoms with Gasteiger partial charge in [0.25, 0.3) is 0 Å². The lowest BCUT2D eigenvalue weighted by molar-refractivity contribution is -0.135. The van der Waals surface area contributed by atoms with Crippen LogP contribution in [0, 0.1) is 0 Å². The van der Waals surface area contributed by atoms with Gasteiger partial charge >= 0.3 is 0 Å². The number of morpholine rings is 1. The van der Waals surface area contributed by atoms with Crippen molar-refractivity contribution >= 4 is 27.0 Å². The summed E-state index contributed by atoms with van der Waals surface area (Å²) in [5, 5.41) is 0. The van der Waals surface area contributed by atoms with Crippen molar-refractivity contribution in [2.45, 2.75) is 50.5 Å². The molecule has 8 nitrogen and oxygen atoms in total. The molecule has 2 aliphatic heterocycles. The Hall–Kier alpha value is -1.97. The molecule has 1 aromatic carbocycles. The van der Waals surface area contributed by atoms with Crippen LogP contribution >= 0.6 is 0 Å². The SMILES string of the molecule is CCCn1c(CCC(=O)N2CCOCC2)nc2cc(S(=O)(=O)N3CCCC3)ccc21. The molecule has 0 atom stereocenters. The molecule has 0 aliphatic carbocycles. The van der Waals surface area contributed by atoms with Crippen molar-refractivity contribution in [1.29, 1.82) is 0 Å². The second kappa shape index (κ2) is 9.03. The molecule has 2 fully saturated rings. The molecular weight excluding hydrogens is 404 g/mol. The van der Waals surface area contributed by atoms with E-state index in [1.165, 1.54) is 0 Å².